The Morgan fingerprint density at radius 3 is 2.53 bits per heavy atom. The highest BCUT2D eigenvalue weighted by Gasteiger charge is 2.32. The first-order chi connectivity index (χ1) is 6.86. The van der Waals surface area contributed by atoms with Crippen molar-refractivity contribution < 1.29 is 18.3 Å². The van der Waals surface area contributed by atoms with E-state index in [1.54, 1.807) is 13.8 Å². The van der Waals surface area contributed by atoms with Crippen LogP contribution < -0.4 is 0 Å². The summed E-state index contributed by atoms with van der Waals surface area (Å²) in [6.45, 7) is 3.39. The molecule has 2 atom stereocenters. The predicted molar refractivity (Wildman–Crippen MR) is 48.2 cm³/mol. The molecule has 0 aliphatic rings. The van der Waals surface area contributed by atoms with Crippen LogP contribution in [-0.2, 0) is 6.18 Å². The van der Waals surface area contributed by atoms with Gasteiger partial charge in [0.1, 0.15) is 0 Å². The van der Waals surface area contributed by atoms with Crippen LogP contribution in [0, 0.1) is 0 Å². The van der Waals surface area contributed by atoms with E-state index in [-0.39, 0.29) is 0 Å². The van der Waals surface area contributed by atoms with E-state index < -0.39 is 23.9 Å². The summed E-state index contributed by atoms with van der Waals surface area (Å²) < 4.78 is 37.8. The van der Waals surface area contributed by atoms with E-state index in [4.69, 9.17) is 0 Å². The highest BCUT2D eigenvalue weighted by atomic mass is 19.4. The van der Waals surface area contributed by atoms with Gasteiger partial charge in [-0.25, -0.2) is 0 Å². The SMILES string of the molecule is CCC(O)C(C)n1cc(C(F)(F)F)cn1. The Morgan fingerprint density at radius 2 is 2.13 bits per heavy atom. The van der Waals surface area contributed by atoms with Crippen LogP contribution >= 0.6 is 0 Å². The molecule has 3 nitrogen and oxygen atoms in total. The predicted octanol–water partition coefficient (Wildman–Crippen LogP) is 2.23. The van der Waals surface area contributed by atoms with Crippen LogP contribution in [0.15, 0.2) is 12.4 Å². The van der Waals surface area contributed by atoms with Gasteiger partial charge >= 0.3 is 6.18 Å². The number of alkyl halides is 3. The summed E-state index contributed by atoms with van der Waals surface area (Å²) in [5, 5.41) is 13.0. The van der Waals surface area contributed by atoms with Gasteiger partial charge in [-0.3, -0.25) is 4.68 Å². The molecule has 6 heteroatoms. The summed E-state index contributed by atoms with van der Waals surface area (Å²) in [7, 11) is 0. The third-order valence-electron chi connectivity index (χ3n) is 2.32. The van der Waals surface area contributed by atoms with Crippen LogP contribution in [0.1, 0.15) is 31.9 Å². The van der Waals surface area contributed by atoms with Gasteiger partial charge < -0.3 is 5.11 Å². The van der Waals surface area contributed by atoms with Crippen molar-refractivity contribution in [1.82, 2.24) is 9.78 Å². The molecule has 1 aromatic rings. The van der Waals surface area contributed by atoms with Gasteiger partial charge in [-0.15, -0.1) is 0 Å². The maximum atomic E-state index is 12.2. The van der Waals surface area contributed by atoms with E-state index in [1.807, 2.05) is 0 Å². The van der Waals surface area contributed by atoms with Gasteiger partial charge in [-0.1, -0.05) is 6.92 Å². The summed E-state index contributed by atoms with van der Waals surface area (Å²) in [5.41, 5.74) is -0.794. The lowest BCUT2D eigenvalue weighted by atomic mass is 10.1. The molecule has 0 bridgehead atoms. The lowest BCUT2D eigenvalue weighted by Crippen LogP contribution is -2.21. The highest BCUT2D eigenvalue weighted by Crippen LogP contribution is 2.29. The van der Waals surface area contributed by atoms with E-state index in [1.165, 1.54) is 0 Å². The molecule has 0 saturated heterocycles. The van der Waals surface area contributed by atoms with Gasteiger partial charge in [0.05, 0.1) is 23.9 Å². The Kier molecular flexibility index (Phi) is 3.38. The fraction of sp³-hybridized carbons (Fsp3) is 0.667. The second-order valence-electron chi connectivity index (χ2n) is 3.42. The minimum Gasteiger partial charge on any atom is -0.391 e. The maximum Gasteiger partial charge on any atom is 0.419 e. The van der Waals surface area contributed by atoms with Crippen LogP contribution in [0.25, 0.3) is 0 Å². The number of rotatable bonds is 3. The van der Waals surface area contributed by atoms with Crippen LogP contribution in [0.4, 0.5) is 13.2 Å². The first-order valence-electron chi connectivity index (χ1n) is 4.65. The molecule has 0 fully saturated rings. The molecule has 1 rings (SSSR count). The monoisotopic (exact) mass is 222 g/mol. The minimum absolute atomic E-state index is 0.453. The second kappa shape index (κ2) is 4.22. The van der Waals surface area contributed by atoms with E-state index >= 15 is 0 Å². The highest BCUT2D eigenvalue weighted by molar-refractivity contribution is 5.08. The molecular formula is C9H13F3N2O. The summed E-state index contributed by atoms with van der Waals surface area (Å²) in [5.74, 6) is 0. The van der Waals surface area contributed by atoms with Crippen molar-refractivity contribution in [2.75, 3.05) is 0 Å². The maximum absolute atomic E-state index is 12.2. The standard InChI is InChI=1S/C9H13F3N2O/c1-3-8(15)6(2)14-5-7(4-13-14)9(10,11)12/h4-6,8,15H,3H2,1-2H3. The molecule has 2 unspecified atom stereocenters. The van der Waals surface area contributed by atoms with Gasteiger partial charge in [0, 0.05) is 6.20 Å². The summed E-state index contributed by atoms with van der Waals surface area (Å²) in [4.78, 5) is 0. The molecule has 86 valence electrons. The number of aliphatic hydroxyl groups excluding tert-OH is 1. The van der Waals surface area contributed by atoms with E-state index in [0.29, 0.717) is 6.42 Å². The zero-order valence-corrected chi connectivity index (χ0v) is 8.49. The Labute approximate surface area is 85.5 Å². The van der Waals surface area contributed by atoms with Crippen LogP contribution in [0.2, 0.25) is 0 Å². The summed E-state index contributed by atoms with van der Waals surface area (Å²) in [6.07, 6.45) is -2.93. The quantitative estimate of drug-likeness (QED) is 0.851. The van der Waals surface area contributed by atoms with Crippen molar-refractivity contribution in [3.05, 3.63) is 18.0 Å². The van der Waals surface area contributed by atoms with Crippen LogP contribution in [0.3, 0.4) is 0 Å². The Morgan fingerprint density at radius 1 is 1.53 bits per heavy atom. The number of hydrogen-bond acceptors (Lipinski definition) is 2. The topological polar surface area (TPSA) is 38.0 Å². The number of aliphatic hydroxyl groups is 1. The molecule has 0 spiro atoms. The Bertz CT molecular complexity index is 321. The zero-order valence-electron chi connectivity index (χ0n) is 8.49. The fourth-order valence-electron chi connectivity index (χ4n) is 1.22. The molecule has 0 radical (unpaired) electrons. The van der Waals surface area contributed by atoms with Gasteiger partial charge in [0.2, 0.25) is 0 Å². The van der Waals surface area contributed by atoms with Gasteiger partial charge in [0.15, 0.2) is 0 Å². The molecule has 1 heterocycles. The average Bonchev–Trinajstić information content (AvgIpc) is 2.63. The molecule has 0 aliphatic heterocycles. The lowest BCUT2D eigenvalue weighted by Gasteiger charge is -2.17. The molecule has 1 aromatic heterocycles. The van der Waals surface area contributed by atoms with Crippen molar-refractivity contribution in [2.45, 2.75) is 38.6 Å². The average molecular weight is 222 g/mol. The molecular weight excluding hydrogens is 209 g/mol. The smallest absolute Gasteiger partial charge is 0.391 e. The first-order valence-corrected chi connectivity index (χ1v) is 4.65. The van der Waals surface area contributed by atoms with Gasteiger partial charge in [-0.05, 0) is 13.3 Å². The number of hydrogen-bond donors (Lipinski definition) is 1. The largest absolute Gasteiger partial charge is 0.419 e. The normalized spacial score (nSPS) is 16.4. The minimum atomic E-state index is -4.38. The van der Waals surface area contributed by atoms with Gasteiger partial charge in [-0.2, -0.15) is 18.3 Å². The van der Waals surface area contributed by atoms with Crippen molar-refractivity contribution in [2.24, 2.45) is 0 Å². The summed E-state index contributed by atoms with van der Waals surface area (Å²) >= 11 is 0. The fourth-order valence-corrected chi connectivity index (χ4v) is 1.22. The van der Waals surface area contributed by atoms with E-state index in [9.17, 15) is 18.3 Å². The van der Waals surface area contributed by atoms with Gasteiger partial charge in [0.25, 0.3) is 0 Å². The van der Waals surface area contributed by atoms with Crippen LogP contribution in [0.5, 0.6) is 0 Å². The third kappa shape index (κ3) is 2.71. The van der Waals surface area contributed by atoms with E-state index in [0.717, 1.165) is 17.1 Å². The van der Waals surface area contributed by atoms with E-state index in [2.05, 4.69) is 5.10 Å². The summed E-state index contributed by atoms with van der Waals surface area (Å²) in [6, 6.07) is -0.453. The van der Waals surface area contributed by atoms with Crippen molar-refractivity contribution >= 4 is 0 Å². The molecule has 0 aromatic carbocycles. The molecule has 0 amide bonds. The third-order valence-corrected chi connectivity index (χ3v) is 2.32. The molecule has 0 saturated carbocycles. The first kappa shape index (κ1) is 12.0. The number of halogens is 3. The van der Waals surface area contributed by atoms with Crippen molar-refractivity contribution in [3.8, 4) is 0 Å². The second-order valence-corrected chi connectivity index (χ2v) is 3.42. The Balaban J connectivity index is 2.85. The molecule has 0 aliphatic carbocycles. The number of aromatic nitrogens is 2. The molecule has 1 N–H and O–H groups in total. The lowest BCUT2D eigenvalue weighted by molar-refractivity contribution is -0.137. The number of nitrogens with zero attached hydrogens (tertiary/aromatic N) is 2. The Hall–Kier alpha value is -1.04. The van der Waals surface area contributed by atoms with Crippen molar-refractivity contribution in [3.63, 3.8) is 0 Å². The molecule has 15 heavy (non-hydrogen) atoms. The van der Waals surface area contributed by atoms with Crippen LogP contribution in [-0.4, -0.2) is 21.0 Å². The zero-order chi connectivity index (χ0) is 11.6. The van der Waals surface area contributed by atoms with Crippen molar-refractivity contribution in [1.29, 1.82) is 0 Å².